The molecule has 4 rings (SSSR count). The van der Waals surface area contributed by atoms with Crippen LogP contribution in [0.2, 0.25) is 0 Å². The molecule has 1 unspecified atom stereocenters. The first-order valence-corrected chi connectivity index (χ1v) is 8.78. The first kappa shape index (κ1) is 16.7. The highest BCUT2D eigenvalue weighted by molar-refractivity contribution is 5.78. The van der Waals surface area contributed by atoms with Gasteiger partial charge in [0.15, 0.2) is 18.1 Å². The van der Waals surface area contributed by atoms with Crippen molar-refractivity contribution in [3.05, 3.63) is 53.8 Å². The van der Waals surface area contributed by atoms with Gasteiger partial charge in [0.2, 0.25) is 0 Å². The van der Waals surface area contributed by atoms with Crippen molar-refractivity contribution in [3.8, 4) is 17.2 Å². The van der Waals surface area contributed by atoms with Gasteiger partial charge in [0.05, 0.1) is 6.04 Å². The van der Waals surface area contributed by atoms with Gasteiger partial charge in [-0.3, -0.25) is 4.79 Å². The third-order valence-electron chi connectivity index (χ3n) is 4.68. The molecule has 6 heteroatoms. The number of amides is 1. The van der Waals surface area contributed by atoms with Crippen molar-refractivity contribution in [3.63, 3.8) is 0 Å². The van der Waals surface area contributed by atoms with Gasteiger partial charge in [-0.1, -0.05) is 12.1 Å². The van der Waals surface area contributed by atoms with Crippen molar-refractivity contribution >= 4 is 5.91 Å². The van der Waals surface area contributed by atoms with Gasteiger partial charge in [0.25, 0.3) is 5.91 Å². The van der Waals surface area contributed by atoms with Gasteiger partial charge in [-0.05, 0) is 42.7 Å². The van der Waals surface area contributed by atoms with Crippen LogP contribution in [0.3, 0.4) is 0 Å². The van der Waals surface area contributed by atoms with E-state index in [1.165, 1.54) is 12.1 Å². The Morgan fingerprint density at radius 2 is 2.00 bits per heavy atom. The Morgan fingerprint density at radius 3 is 2.85 bits per heavy atom. The number of hydrogen-bond acceptors (Lipinski definition) is 4. The number of rotatable bonds is 4. The number of ether oxygens (including phenoxy) is 3. The van der Waals surface area contributed by atoms with Crippen LogP contribution in [0.15, 0.2) is 42.5 Å². The first-order chi connectivity index (χ1) is 12.7. The summed E-state index contributed by atoms with van der Waals surface area (Å²) in [5.41, 5.74) is 1.03. The highest BCUT2D eigenvalue weighted by Gasteiger charge is 2.31. The minimum atomic E-state index is -0.384. The van der Waals surface area contributed by atoms with Gasteiger partial charge in [-0.2, -0.15) is 0 Å². The third-order valence-corrected chi connectivity index (χ3v) is 4.68. The molecule has 5 nitrogen and oxygen atoms in total. The Hall–Kier alpha value is -2.76. The predicted octanol–water partition coefficient (Wildman–Crippen LogP) is 3.34. The molecule has 0 saturated carbocycles. The Balaban J connectivity index is 1.45. The number of benzene rings is 2. The highest BCUT2D eigenvalue weighted by Crippen LogP contribution is 2.38. The van der Waals surface area contributed by atoms with E-state index in [9.17, 15) is 9.18 Å². The van der Waals surface area contributed by atoms with Crippen LogP contribution >= 0.6 is 0 Å². The zero-order valence-corrected chi connectivity index (χ0v) is 14.3. The smallest absolute Gasteiger partial charge is 0.261 e. The molecule has 1 saturated heterocycles. The average molecular weight is 357 g/mol. The summed E-state index contributed by atoms with van der Waals surface area (Å²) in [7, 11) is 0. The van der Waals surface area contributed by atoms with Gasteiger partial charge in [0, 0.05) is 12.6 Å². The number of carbonyl (C=O) groups excluding carboxylic acids is 1. The van der Waals surface area contributed by atoms with E-state index in [4.69, 9.17) is 14.2 Å². The molecule has 0 bridgehead atoms. The summed E-state index contributed by atoms with van der Waals surface area (Å²) in [5, 5.41) is 0. The van der Waals surface area contributed by atoms with Crippen LogP contribution in [0.1, 0.15) is 24.4 Å². The molecule has 0 aliphatic carbocycles. The van der Waals surface area contributed by atoms with Crippen LogP contribution in [0.4, 0.5) is 4.39 Å². The van der Waals surface area contributed by atoms with Gasteiger partial charge >= 0.3 is 0 Å². The Bertz CT molecular complexity index is 810. The fourth-order valence-corrected chi connectivity index (χ4v) is 3.46. The molecule has 2 aliphatic rings. The highest BCUT2D eigenvalue weighted by atomic mass is 19.1. The first-order valence-electron chi connectivity index (χ1n) is 8.78. The summed E-state index contributed by atoms with van der Waals surface area (Å²) in [4.78, 5) is 14.5. The second-order valence-corrected chi connectivity index (χ2v) is 6.39. The van der Waals surface area contributed by atoms with Crippen molar-refractivity contribution in [1.82, 2.24) is 4.90 Å². The van der Waals surface area contributed by atoms with Crippen LogP contribution in [0.5, 0.6) is 17.2 Å². The molecule has 1 fully saturated rings. The maximum absolute atomic E-state index is 13.2. The van der Waals surface area contributed by atoms with Gasteiger partial charge in [-0.25, -0.2) is 4.39 Å². The molecule has 2 heterocycles. The molecule has 26 heavy (non-hydrogen) atoms. The molecule has 2 aliphatic heterocycles. The summed E-state index contributed by atoms with van der Waals surface area (Å²) < 4.78 is 29.9. The summed E-state index contributed by atoms with van der Waals surface area (Å²) in [5.74, 6) is 1.33. The van der Waals surface area contributed by atoms with E-state index in [-0.39, 0.29) is 24.4 Å². The number of likely N-dealkylation sites (tertiary alicyclic amines) is 1. The largest absolute Gasteiger partial charge is 0.486 e. The summed E-state index contributed by atoms with van der Waals surface area (Å²) >= 11 is 0. The SMILES string of the molecule is O=C(COc1cccc(F)c1)N1CCCC1c1ccc2c(c1)OCCO2. The quantitative estimate of drug-likeness (QED) is 0.842. The van der Waals surface area contributed by atoms with Crippen LogP contribution in [-0.2, 0) is 4.79 Å². The predicted molar refractivity (Wildman–Crippen MR) is 93.0 cm³/mol. The molecular weight excluding hydrogens is 337 g/mol. The molecule has 0 N–H and O–H groups in total. The lowest BCUT2D eigenvalue weighted by Gasteiger charge is -2.26. The van der Waals surface area contributed by atoms with E-state index in [1.54, 1.807) is 12.1 Å². The van der Waals surface area contributed by atoms with Crippen molar-refractivity contribution < 1.29 is 23.4 Å². The Morgan fingerprint density at radius 1 is 1.15 bits per heavy atom. The maximum Gasteiger partial charge on any atom is 0.261 e. The molecular formula is C20H20FNO4. The lowest BCUT2D eigenvalue weighted by Crippen LogP contribution is -2.34. The molecule has 136 valence electrons. The maximum atomic E-state index is 13.2. The average Bonchev–Trinajstić information content (AvgIpc) is 3.16. The van der Waals surface area contributed by atoms with Crippen LogP contribution in [0.25, 0.3) is 0 Å². The minimum absolute atomic E-state index is 0.00515. The Labute approximate surface area is 151 Å². The number of fused-ring (bicyclic) bond motifs is 1. The number of nitrogens with zero attached hydrogens (tertiary/aromatic N) is 1. The molecule has 0 radical (unpaired) electrons. The molecule has 2 aromatic carbocycles. The number of hydrogen-bond donors (Lipinski definition) is 0. The normalized spacial score (nSPS) is 18.7. The van der Waals surface area contributed by atoms with Crippen molar-refractivity contribution in [2.45, 2.75) is 18.9 Å². The third kappa shape index (κ3) is 3.45. The summed E-state index contributed by atoms with van der Waals surface area (Å²) in [6.45, 7) is 1.66. The van der Waals surface area contributed by atoms with Crippen LogP contribution in [0, 0.1) is 5.82 Å². The van der Waals surface area contributed by atoms with E-state index in [2.05, 4.69) is 0 Å². The van der Waals surface area contributed by atoms with Crippen molar-refractivity contribution in [2.24, 2.45) is 0 Å². The number of carbonyl (C=O) groups is 1. The van der Waals surface area contributed by atoms with Crippen LogP contribution in [-0.4, -0.2) is 37.2 Å². The van der Waals surface area contributed by atoms with Crippen LogP contribution < -0.4 is 14.2 Å². The monoisotopic (exact) mass is 357 g/mol. The van der Waals surface area contributed by atoms with Crippen molar-refractivity contribution in [1.29, 1.82) is 0 Å². The lowest BCUT2D eigenvalue weighted by atomic mass is 10.0. The lowest BCUT2D eigenvalue weighted by molar-refractivity contribution is -0.134. The standard InChI is InChI=1S/C20H20FNO4/c21-15-3-1-4-16(12-15)26-13-20(23)22-8-2-5-17(22)14-6-7-18-19(11-14)25-10-9-24-18/h1,3-4,6-7,11-12,17H,2,5,8-10,13H2. The van der Waals surface area contributed by atoms with Gasteiger partial charge in [-0.15, -0.1) is 0 Å². The molecule has 2 aromatic rings. The van der Waals surface area contributed by atoms with E-state index in [0.717, 1.165) is 29.9 Å². The number of halogens is 1. The van der Waals surface area contributed by atoms with Crippen molar-refractivity contribution in [2.75, 3.05) is 26.4 Å². The van der Waals surface area contributed by atoms with Gasteiger partial charge < -0.3 is 19.1 Å². The van der Waals surface area contributed by atoms with E-state index < -0.39 is 0 Å². The molecule has 1 atom stereocenters. The zero-order chi connectivity index (χ0) is 17.9. The van der Waals surface area contributed by atoms with E-state index >= 15 is 0 Å². The van der Waals surface area contributed by atoms with E-state index in [1.807, 2.05) is 23.1 Å². The topological polar surface area (TPSA) is 48.0 Å². The second-order valence-electron chi connectivity index (χ2n) is 6.39. The Kier molecular flexibility index (Phi) is 4.65. The second kappa shape index (κ2) is 7.23. The fourth-order valence-electron chi connectivity index (χ4n) is 3.46. The summed E-state index contributed by atoms with van der Waals surface area (Å²) in [6.07, 6.45) is 1.83. The molecule has 0 aromatic heterocycles. The molecule has 1 amide bonds. The molecule has 0 spiro atoms. The van der Waals surface area contributed by atoms with Gasteiger partial charge in [0.1, 0.15) is 24.8 Å². The zero-order valence-electron chi connectivity index (χ0n) is 14.3. The summed E-state index contributed by atoms with van der Waals surface area (Å²) in [6, 6.07) is 11.6. The fraction of sp³-hybridized carbons (Fsp3) is 0.350. The van der Waals surface area contributed by atoms with E-state index in [0.29, 0.717) is 25.5 Å². The minimum Gasteiger partial charge on any atom is -0.486 e.